The molecule has 3 aromatic carbocycles. The molecular weight excluding hydrogens is 826 g/mol. The number of rotatable bonds is 20. The minimum atomic E-state index is -0.762. The van der Waals surface area contributed by atoms with E-state index in [1.165, 1.54) is 0 Å². The molecule has 15 heteroatoms. The van der Waals surface area contributed by atoms with Gasteiger partial charge in [0.2, 0.25) is 0 Å². The lowest BCUT2D eigenvalue weighted by Gasteiger charge is -2.24. The lowest BCUT2D eigenvalue weighted by atomic mass is 9.86. The molecule has 11 nitrogen and oxygen atoms in total. The number of aliphatic carboxylic acids is 3. The Balaban J connectivity index is 0.00000290. The number of hydrogen-bond donors (Lipinski definition) is 6. The van der Waals surface area contributed by atoms with Gasteiger partial charge >= 0.3 is 17.9 Å². The van der Waals surface area contributed by atoms with Gasteiger partial charge in [-0.3, -0.25) is 19.3 Å². The van der Waals surface area contributed by atoms with Gasteiger partial charge in [-0.15, -0.1) is 49.6 Å². The third-order valence-electron chi connectivity index (χ3n) is 11.7. The van der Waals surface area contributed by atoms with Crippen LogP contribution < -0.4 is 20.7 Å². The molecule has 0 unspecified atom stereocenters. The molecule has 3 fully saturated rings. The molecule has 0 saturated carbocycles. The Morgan fingerprint density at radius 2 is 0.931 bits per heavy atom. The van der Waals surface area contributed by atoms with Gasteiger partial charge < -0.3 is 36.0 Å². The zero-order chi connectivity index (χ0) is 37.9. The lowest BCUT2D eigenvalue weighted by molar-refractivity contribution is -0.144. The molecule has 3 saturated heterocycles. The fourth-order valence-corrected chi connectivity index (χ4v) is 8.69. The Labute approximate surface area is 367 Å². The summed E-state index contributed by atoms with van der Waals surface area (Å²) in [6.45, 7) is 6.99. The molecule has 3 heterocycles. The van der Waals surface area contributed by atoms with Crippen molar-refractivity contribution in [2.45, 2.75) is 51.6 Å². The summed E-state index contributed by atoms with van der Waals surface area (Å²) in [5.74, 6) is -2.53. The number of carboxylic acid groups (broad SMARTS) is 3. The van der Waals surface area contributed by atoms with Crippen molar-refractivity contribution in [3.63, 3.8) is 0 Å². The zero-order valence-electron chi connectivity index (χ0n) is 32.8. The van der Waals surface area contributed by atoms with Crippen LogP contribution >= 0.6 is 49.6 Å². The van der Waals surface area contributed by atoms with E-state index in [4.69, 9.17) is 4.74 Å². The van der Waals surface area contributed by atoms with Gasteiger partial charge in [0.15, 0.2) is 0 Å². The predicted octanol–water partition coefficient (Wildman–Crippen LogP) is 6.01. The summed E-state index contributed by atoms with van der Waals surface area (Å²) < 4.78 is 6.30. The summed E-state index contributed by atoms with van der Waals surface area (Å²) in [5.41, 5.74) is 5.13. The van der Waals surface area contributed by atoms with Crippen LogP contribution in [0, 0.1) is 35.5 Å². The Morgan fingerprint density at radius 3 is 1.29 bits per heavy atom. The van der Waals surface area contributed by atoms with Crippen molar-refractivity contribution >= 4 is 67.5 Å². The van der Waals surface area contributed by atoms with Gasteiger partial charge in [0.1, 0.15) is 12.4 Å². The van der Waals surface area contributed by atoms with Crippen molar-refractivity contribution in [1.82, 2.24) is 20.9 Å². The first-order valence-electron chi connectivity index (χ1n) is 19.6. The Morgan fingerprint density at radius 1 is 0.569 bits per heavy atom. The van der Waals surface area contributed by atoms with E-state index in [-0.39, 0.29) is 67.4 Å². The van der Waals surface area contributed by atoms with E-state index >= 15 is 0 Å². The van der Waals surface area contributed by atoms with Crippen molar-refractivity contribution in [2.24, 2.45) is 35.5 Å². The molecule has 3 aromatic rings. The number of ether oxygens (including phenoxy) is 1. The largest absolute Gasteiger partial charge is 0.492 e. The molecule has 6 atom stereocenters. The minimum Gasteiger partial charge on any atom is -0.492 e. The molecule has 3 aliphatic heterocycles. The molecular formula is C43H60Cl4N4O7. The van der Waals surface area contributed by atoms with Gasteiger partial charge in [0.25, 0.3) is 0 Å². The first-order valence-corrected chi connectivity index (χ1v) is 19.6. The first-order chi connectivity index (χ1) is 26.2. The van der Waals surface area contributed by atoms with Gasteiger partial charge in [-0.1, -0.05) is 60.7 Å². The third kappa shape index (κ3) is 14.9. The number of hydrogen-bond acceptors (Lipinski definition) is 8. The van der Waals surface area contributed by atoms with E-state index in [2.05, 4.69) is 45.1 Å². The molecule has 58 heavy (non-hydrogen) atoms. The number of nitrogens with zero attached hydrogens (tertiary/aromatic N) is 1. The van der Waals surface area contributed by atoms with Gasteiger partial charge in [0, 0.05) is 19.6 Å². The number of halogens is 4. The van der Waals surface area contributed by atoms with E-state index < -0.39 is 35.7 Å². The lowest BCUT2D eigenvalue weighted by Crippen LogP contribution is -2.29. The molecule has 0 aromatic heterocycles. The summed E-state index contributed by atoms with van der Waals surface area (Å²) in [5, 5.41) is 40.0. The van der Waals surface area contributed by atoms with Crippen molar-refractivity contribution in [2.75, 3.05) is 52.4 Å². The standard InChI is InChI=1S/C43H56N4O7.4ClH/c48-41(49)38(34-10-13-44-24-34)21-29-4-1-7-32(18-29)27-47(28-33-8-2-5-30(19-33)22-39(42(50)51)35-11-14-45-25-35)16-17-54-37-9-3-6-31(20-37)23-40(43(52)53)36-12-15-46-26-36;;;;/h1-9,18-20,34-36,38-40,44-46H,10-17,21-28H2,(H,48,49)(H,50,51)(H,52,53);4*1H/t34-,35-,36-,38-,39-,40-;;;;/m0..../s1. The number of carbonyl (C=O) groups is 3. The smallest absolute Gasteiger partial charge is 0.307 e. The molecule has 3 aliphatic rings. The molecule has 6 N–H and O–H groups in total. The topological polar surface area (TPSA) is 160 Å². The Bertz CT molecular complexity index is 1640. The fraction of sp³-hybridized carbons (Fsp3) is 0.512. The molecule has 0 aliphatic carbocycles. The molecule has 0 bridgehead atoms. The van der Waals surface area contributed by atoms with Crippen molar-refractivity contribution in [3.05, 3.63) is 101 Å². The molecule has 0 spiro atoms. The quantitative estimate of drug-likeness (QED) is 0.0789. The number of nitrogens with one attached hydrogen (secondary N) is 3. The second kappa shape index (κ2) is 25.5. The highest BCUT2D eigenvalue weighted by atomic mass is 35.5. The second-order valence-corrected chi connectivity index (χ2v) is 15.6. The van der Waals surface area contributed by atoms with Gasteiger partial charge in [-0.05, 0) is 135 Å². The maximum absolute atomic E-state index is 12.2. The molecule has 0 radical (unpaired) electrons. The highest BCUT2D eigenvalue weighted by Crippen LogP contribution is 2.28. The van der Waals surface area contributed by atoms with E-state index in [1.807, 2.05) is 48.5 Å². The Kier molecular flexibility index (Phi) is 22.4. The summed E-state index contributed by atoms with van der Waals surface area (Å²) in [7, 11) is 0. The van der Waals surface area contributed by atoms with Crippen LogP contribution in [0.3, 0.4) is 0 Å². The fourth-order valence-electron chi connectivity index (χ4n) is 8.69. The predicted molar refractivity (Wildman–Crippen MR) is 235 cm³/mol. The van der Waals surface area contributed by atoms with E-state index in [0.29, 0.717) is 51.3 Å². The van der Waals surface area contributed by atoms with E-state index in [1.54, 1.807) is 0 Å². The van der Waals surface area contributed by atoms with E-state index in [9.17, 15) is 29.7 Å². The SMILES string of the molecule is Cl.Cl.Cl.Cl.O=C(O)[C@@H](Cc1cccc(CN(CCOc2cccc(C[C@H](C(=O)O)[C@H]3CCNC3)c2)Cc2cccc(C[C@H](C(=O)O)[C@H]3CCNC3)c2)c1)[C@H]1CCNC1. The Hall–Kier alpha value is -3.13. The summed E-state index contributed by atoms with van der Waals surface area (Å²) in [4.78, 5) is 38.9. The van der Waals surface area contributed by atoms with Crippen LogP contribution in [0.25, 0.3) is 0 Å². The summed E-state index contributed by atoms with van der Waals surface area (Å²) in [6, 6.07) is 24.2. The first kappa shape index (κ1) is 51.0. The highest BCUT2D eigenvalue weighted by molar-refractivity contribution is 5.86. The monoisotopic (exact) mass is 884 g/mol. The molecule has 322 valence electrons. The van der Waals surface area contributed by atoms with Crippen molar-refractivity contribution in [1.29, 1.82) is 0 Å². The van der Waals surface area contributed by atoms with Crippen LogP contribution in [-0.2, 0) is 46.7 Å². The normalized spacial score (nSPS) is 20.1. The molecule has 0 amide bonds. The van der Waals surface area contributed by atoms with Crippen molar-refractivity contribution in [3.8, 4) is 5.75 Å². The van der Waals surface area contributed by atoms with Crippen LogP contribution in [0.5, 0.6) is 5.75 Å². The van der Waals surface area contributed by atoms with Crippen LogP contribution in [0.4, 0.5) is 0 Å². The van der Waals surface area contributed by atoms with E-state index in [0.717, 1.165) is 86.3 Å². The zero-order valence-corrected chi connectivity index (χ0v) is 36.0. The van der Waals surface area contributed by atoms with Crippen LogP contribution in [-0.4, -0.2) is 90.5 Å². The summed E-state index contributed by atoms with van der Waals surface area (Å²) in [6.07, 6.45) is 4.03. The second-order valence-electron chi connectivity index (χ2n) is 15.6. The maximum atomic E-state index is 12.2. The average Bonchev–Trinajstić information content (AvgIpc) is 3.97. The van der Waals surface area contributed by atoms with Crippen LogP contribution in [0.1, 0.15) is 47.1 Å². The van der Waals surface area contributed by atoms with Gasteiger partial charge in [0.05, 0.1) is 17.8 Å². The molecule has 6 rings (SSSR count). The van der Waals surface area contributed by atoms with Crippen molar-refractivity contribution < 1.29 is 34.4 Å². The van der Waals surface area contributed by atoms with Gasteiger partial charge in [-0.2, -0.15) is 0 Å². The van der Waals surface area contributed by atoms with Gasteiger partial charge in [-0.25, -0.2) is 0 Å². The van der Waals surface area contributed by atoms with Crippen LogP contribution in [0.15, 0.2) is 72.8 Å². The minimum absolute atomic E-state index is 0. The maximum Gasteiger partial charge on any atom is 0.307 e. The third-order valence-corrected chi connectivity index (χ3v) is 11.7. The highest BCUT2D eigenvalue weighted by Gasteiger charge is 2.33. The average molecular weight is 887 g/mol. The summed E-state index contributed by atoms with van der Waals surface area (Å²) >= 11 is 0. The van der Waals surface area contributed by atoms with Crippen LogP contribution in [0.2, 0.25) is 0 Å². The number of carboxylic acids is 3. The number of benzene rings is 3.